The van der Waals surface area contributed by atoms with Crippen molar-refractivity contribution >= 4 is 11.6 Å². The quantitative estimate of drug-likeness (QED) is 0.802. The summed E-state index contributed by atoms with van der Waals surface area (Å²) < 4.78 is 18.3. The Morgan fingerprint density at radius 2 is 1.88 bits per heavy atom. The van der Waals surface area contributed by atoms with E-state index in [2.05, 4.69) is 26.3 Å². The van der Waals surface area contributed by atoms with Crippen LogP contribution in [0.1, 0.15) is 11.3 Å². The summed E-state index contributed by atoms with van der Waals surface area (Å²) in [6.07, 6.45) is 2.15. The lowest BCUT2D eigenvalue weighted by atomic mass is 10.1. The van der Waals surface area contributed by atoms with Crippen LogP contribution in [0.5, 0.6) is 0 Å². The Balaban J connectivity index is 1.75. The second kappa shape index (κ2) is 8.14. The molecule has 1 aliphatic heterocycles. The van der Waals surface area contributed by atoms with Gasteiger partial charge >= 0.3 is 0 Å². The van der Waals surface area contributed by atoms with Crippen molar-refractivity contribution in [1.82, 2.24) is 9.97 Å². The third-order valence-corrected chi connectivity index (χ3v) is 4.49. The van der Waals surface area contributed by atoms with Gasteiger partial charge in [-0.1, -0.05) is 6.08 Å². The van der Waals surface area contributed by atoms with Crippen LogP contribution in [0.2, 0.25) is 0 Å². The van der Waals surface area contributed by atoms with Gasteiger partial charge in [-0.15, -0.1) is 6.58 Å². The molecule has 7 heteroatoms. The highest BCUT2D eigenvalue weighted by Crippen LogP contribution is 2.19. The molecular formula is C19H23FN4O2. The van der Waals surface area contributed by atoms with Gasteiger partial charge in [0.25, 0.3) is 5.56 Å². The van der Waals surface area contributed by atoms with Crippen LogP contribution in [0.25, 0.3) is 0 Å². The summed E-state index contributed by atoms with van der Waals surface area (Å²) in [7, 11) is 1.59. The number of allylic oxidation sites excluding steroid dienone is 1. The normalized spacial score (nSPS) is 14.5. The van der Waals surface area contributed by atoms with Gasteiger partial charge in [0.15, 0.2) is 0 Å². The van der Waals surface area contributed by atoms with Crippen LogP contribution < -0.4 is 15.4 Å². The van der Waals surface area contributed by atoms with E-state index in [1.54, 1.807) is 25.3 Å². The first-order chi connectivity index (χ1) is 12.6. The number of nitrogens with zero attached hydrogens (tertiary/aromatic N) is 3. The summed E-state index contributed by atoms with van der Waals surface area (Å²) in [5.74, 6) is 0.327. The Bertz CT molecular complexity index is 811. The highest BCUT2D eigenvalue weighted by atomic mass is 19.1. The van der Waals surface area contributed by atoms with Crippen LogP contribution in [0.3, 0.4) is 0 Å². The maximum atomic E-state index is 13.1. The molecule has 0 unspecified atom stereocenters. The molecule has 2 aromatic rings. The average Bonchev–Trinajstić information content (AvgIpc) is 2.65. The number of hydrogen-bond donors (Lipinski definition) is 1. The summed E-state index contributed by atoms with van der Waals surface area (Å²) in [4.78, 5) is 24.1. The molecule has 1 aromatic heterocycles. The molecular weight excluding hydrogens is 335 g/mol. The zero-order valence-electron chi connectivity index (χ0n) is 14.9. The van der Waals surface area contributed by atoms with Gasteiger partial charge in [-0.05, 0) is 30.7 Å². The number of H-pyrrole nitrogens is 1. The standard InChI is InChI=1S/C19H23FN4O2/c1-3-4-16-17(13-26-2)21-19(22-18(16)25)24-11-9-23(10-12-24)15-7-5-14(20)6-8-15/h3,5-8H,1,4,9-13H2,2H3,(H,21,22,25). The lowest BCUT2D eigenvalue weighted by molar-refractivity contribution is 0.180. The number of aromatic amines is 1. The first kappa shape index (κ1) is 18.1. The summed E-state index contributed by atoms with van der Waals surface area (Å²) in [6, 6.07) is 6.50. The molecule has 1 N–H and O–H groups in total. The Labute approximate surface area is 151 Å². The molecule has 0 bridgehead atoms. The Hall–Kier alpha value is -2.67. The Morgan fingerprint density at radius 1 is 1.23 bits per heavy atom. The first-order valence-electron chi connectivity index (χ1n) is 8.59. The molecule has 0 atom stereocenters. The zero-order valence-corrected chi connectivity index (χ0v) is 14.9. The fourth-order valence-electron chi connectivity index (χ4n) is 3.12. The van der Waals surface area contributed by atoms with E-state index in [0.29, 0.717) is 36.7 Å². The molecule has 1 aromatic carbocycles. The summed E-state index contributed by atoms with van der Waals surface area (Å²) in [6.45, 7) is 6.95. The first-order valence-corrected chi connectivity index (χ1v) is 8.59. The van der Waals surface area contributed by atoms with Crippen molar-refractivity contribution in [3.05, 3.63) is 64.3 Å². The Morgan fingerprint density at radius 3 is 2.50 bits per heavy atom. The van der Waals surface area contributed by atoms with Gasteiger partial charge < -0.3 is 14.5 Å². The molecule has 0 spiro atoms. The smallest absolute Gasteiger partial charge is 0.256 e. The lowest BCUT2D eigenvalue weighted by Crippen LogP contribution is -2.47. The van der Waals surface area contributed by atoms with Crippen molar-refractivity contribution in [2.75, 3.05) is 43.1 Å². The molecule has 0 aliphatic carbocycles. The van der Waals surface area contributed by atoms with E-state index in [1.165, 1.54) is 12.1 Å². The van der Waals surface area contributed by atoms with Gasteiger partial charge in [0.2, 0.25) is 5.95 Å². The summed E-state index contributed by atoms with van der Waals surface area (Å²) >= 11 is 0. The van der Waals surface area contributed by atoms with Crippen molar-refractivity contribution in [3.8, 4) is 0 Å². The molecule has 2 heterocycles. The molecule has 1 saturated heterocycles. The van der Waals surface area contributed by atoms with Crippen LogP contribution in [0, 0.1) is 5.82 Å². The molecule has 0 amide bonds. The maximum absolute atomic E-state index is 13.1. The third kappa shape index (κ3) is 3.94. The largest absolute Gasteiger partial charge is 0.378 e. The third-order valence-electron chi connectivity index (χ3n) is 4.49. The van der Waals surface area contributed by atoms with Crippen LogP contribution in [-0.2, 0) is 17.8 Å². The second-order valence-electron chi connectivity index (χ2n) is 6.19. The predicted molar refractivity (Wildman–Crippen MR) is 100 cm³/mol. The minimum absolute atomic E-state index is 0.150. The van der Waals surface area contributed by atoms with E-state index >= 15 is 0 Å². The molecule has 138 valence electrons. The van der Waals surface area contributed by atoms with Gasteiger partial charge in [0.1, 0.15) is 5.82 Å². The van der Waals surface area contributed by atoms with Crippen molar-refractivity contribution in [2.24, 2.45) is 0 Å². The van der Waals surface area contributed by atoms with E-state index in [-0.39, 0.29) is 18.0 Å². The zero-order chi connectivity index (χ0) is 18.5. The van der Waals surface area contributed by atoms with Crippen molar-refractivity contribution in [2.45, 2.75) is 13.0 Å². The number of benzene rings is 1. The van der Waals surface area contributed by atoms with Crippen LogP contribution in [0.15, 0.2) is 41.7 Å². The van der Waals surface area contributed by atoms with Crippen molar-refractivity contribution in [3.63, 3.8) is 0 Å². The highest BCUT2D eigenvalue weighted by molar-refractivity contribution is 5.48. The number of piperazine rings is 1. The molecule has 0 saturated carbocycles. The van der Waals surface area contributed by atoms with Gasteiger partial charge in [0.05, 0.1) is 12.3 Å². The van der Waals surface area contributed by atoms with E-state index < -0.39 is 0 Å². The molecule has 6 nitrogen and oxygen atoms in total. The predicted octanol–water partition coefficient (Wildman–Crippen LogP) is 2.11. The van der Waals surface area contributed by atoms with E-state index in [4.69, 9.17) is 4.74 Å². The fraction of sp³-hybridized carbons (Fsp3) is 0.368. The Kier molecular flexibility index (Phi) is 5.68. The van der Waals surface area contributed by atoms with E-state index in [1.807, 2.05) is 0 Å². The fourth-order valence-corrected chi connectivity index (χ4v) is 3.12. The van der Waals surface area contributed by atoms with Crippen LogP contribution in [0.4, 0.5) is 16.0 Å². The lowest BCUT2D eigenvalue weighted by Gasteiger charge is -2.36. The molecule has 1 fully saturated rings. The number of ether oxygens (including phenoxy) is 1. The minimum Gasteiger partial charge on any atom is -0.378 e. The molecule has 0 radical (unpaired) electrons. The number of anilines is 2. The van der Waals surface area contributed by atoms with Crippen LogP contribution in [-0.4, -0.2) is 43.3 Å². The number of nitrogens with one attached hydrogen (secondary N) is 1. The average molecular weight is 358 g/mol. The summed E-state index contributed by atoms with van der Waals surface area (Å²) in [5.41, 5.74) is 2.08. The molecule has 1 aliphatic rings. The van der Waals surface area contributed by atoms with Gasteiger partial charge in [-0.25, -0.2) is 9.37 Å². The van der Waals surface area contributed by atoms with Gasteiger partial charge in [-0.2, -0.15) is 0 Å². The number of halogens is 1. The molecule has 26 heavy (non-hydrogen) atoms. The second-order valence-corrected chi connectivity index (χ2v) is 6.19. The van der Waals surface area contributed by atoms with E-state index in [0.717, 1.165) is 18.8 Å². The monoisotopic (exact) mass is 358 g/mol. The van der Waals surface area contributed by atoms with E-state index in [9.17, 15) is 9.18 Å². The summed E-state index contributed by atoms with van der Waals surface area (Å²) in [5, 5.41) is 0. The van der Waals surface area contributed by atoms with Crippen molar-refractivity contribution in [1.29, 1.82) is 0 Å². The number of hydrogen-bond acceptors (Lipinski definition) is 5. The number of rotatable bonds is 6. The maximum Gasteiger partial charge on any atom is 0.256 e. The van der Waals surface area contributed by atoms with Crippen molar-refractivity contribution < 1.29 is 9.13 Å². The highest BCUT2D eigenvalue weighted by Gasteiger charge is 2.21. The van der Waals surface area contributed by atoms with Crippen LogP contribution >= 0.6 is 0 Å². The SMILES string of the molecule is C=CCc1c(COC)nc(N2CCN(c3ccc(F)cc3)CC2)[nH]c1=O. The number of aromatic nitrogens is 2. The minimum atomic E-state index is -0.237. The number of methoxy groups -OCH3 is 1. The van der Waals surface area contributed by atoms with Gasteiger partial charge in [0, 0.05) is 44.5 Å². The molecule has 3 rings (SSSR count). The topological polar surface area (TPSA) is 61.5 Å². The van der Waals surface area contributed by atoms with Gasteiger partial charge in [-0.3, -0.25) is 9.78 Å².